The zero-order chi connectivity index (χ0) is 18.0. The van der Waals surface area contributed by atoms with E-state index >= 15 is 0 Å². The fourth-order valence-electron chi connectivity index (χ4n) is 3.55. The summed E-state index contributed by atoms with van der Waals surface area (Å²) in [7, 11) is 1.55. The van der Waals surface area contributed by atoms with Crippen LogP contribution in [0.4, 0.5) is 5.69 Å². The van der Waals surface area contributed by atoms with Crippen LogP contribution in [0.5, 0.6) is 0 Å². The van der Waals surface area contributed by atoms with Gasteiger partial charge in [-0.05, 0) is 23.6 Å². The average Bonchev–Trinajstić information content (AvgIpc) is 2.99. The molecule has 25 heavy (non-hydrogen) atoms. The third-order valence-corrected chi connectivity index (χ3v) is 4.76. The summed E-state index contributed by atoms with van der Waals surface area (Å²) in [6.07, 6.45) is 0.899. The fraction of sp³-hybridized carbons (Fsp3) is 0.500. The van der Waals surface area contributed by atoms with Gasteiger partial charge in [0.05, 0.1) is 19.2 Å². The van der Waals surface area contributed by atoms with E-state index in [1.807, 2.05) is 18.2 Å². The topological polar surface area (TPSA) is 79.0 Å². The van der Waals surface area contributed by atoms with Crippen molar-refractivity contribution in [1.82, 2.24) is 9.80 Å². The zero-order valence-corrected chi connectivity index (χ0v) is 14.6. The molecule has 1 fully saturated rings. The predicted molar refractivity (Wildman–Crippen MR) is 91.6 cm³/mol. The summed E-state index contributed by atoms with van der Waals surface area (Å²) >= 11 is 0. The lowest BCUT2D eigenvalue weighted by Gasteiger charge is -2.35. The molecule has 134 valence electrons. The van der Waals surface area contributed by atoms with Crippen LogP contribution in [-0.2, 0) is 32.2 Å². The molecule has 1 aromatic carbocycles. The van der Waals surface area contributed by atoms with Gasteiger partial charge in [-0.25, -0.2) is 0 Å². The zero-order valence-electron chi connectivity index (χ0n) is 14.6. The molecule has 1 aromatic rings. The Balaban J connectivity index is 1.76. The lowest BCUT2D eigenvalue weighted by molar-refractivity contribution is -0.153. The molecule has 2 aliphatic heterocycles. The summed E-state index contributed by atoms with van der Waals surface area (Å²) in [6.45, 7) is 3.36. The van der Waals surface area contributed by atoms with E-state index in [4.69, 9.17) is 4.74 Å². The van der Waals surface area contributed by atoms with E-state index in [0.29, 0.717) is 39.1 Å². The van der Waals surface area contributed by atoms with Crippen molar-refractivity contribution in [3.63, 3.8) is 0 Å². The number of amides is 3. The Morgan fingerprint density at radius 1 is 1.32 bits per heavy atom. The van der Waals surface area contributed by atoms with E-state index in [1.165, 1.54) is 11.8 Å². The number of anilines is 1. The number of hydrogen-bond acceptors (Lipinski definition) is 5. The molecule has 1 atom stereocenters. The minimum absolute atomic E-state index is 0.114. The first-order valence-corrected chi connectivity index (χ1v) is 8.46. The first kappa shape index (κ1) is 17.6. The number of nitrogens with zero attached hydrogens (tertiary/aromatic N) is 2. The number of rotatable bonds is 5. The van der Waals surface area contributed by atoms with Crippen molar-refractivity contribution in [2.45, 2.75) is 38.9 Å². The third-order valence-electron chi connectivity index (χ3n) is 4.76. The van der Waals surface area contributed by atoms with Crippen LogP contribution in [0.15, 0.2) is 18.2 Å². The van der Waals surface area contributed by atoms with Gasteiger partial charge in [-0.3, -0.25) is 24.2 Å². The number of carbonyl (C=O) groups is 3. The van der Waals surface area contributed by atoms with Gasteiger partial charge in [-0.2, -0.15) is 0 Å². The molecule has 3 rings (SSSR count). The summed E-state index contributed by atoms with van der Waals surface area (Å²) in [4.78, 5) is 39.6. The lowest BCUT2D eigenvalue weighted by atomic mass is 10.0. The van der Waals surface area contributed by atoms with Crippen molar-refractivity contribution < 1.29 is 19.1 Å². The number of fused-ring (bicyclic) bond motifs is 1. The Morgan fingerprint density at radius 2 is 2.12 bits per heavy atom. The number of imide groups is 1. The highest BCUT2D eigenvalue weighted by Gasteiger charge is 2.39. The maximum Gasteiger partial charge on any atom is 0.246 e. The molecular weight excluding hydrogens is 322 g/mol. The van der Waals surface area contributed by atoms with E-state index in [1.54, 1.807) is 7.11 Å². The first-order chi connectivity index (χ1) is 12.0. The standard InChI is InChI=1S/C18H23N3O4/c1-12(22)19-15-5-3-4-13-10-20(11-14(13)15)16-6-7-17(23)21(18(16)24)8-9-25-2/h3-5,16H,6-11H2,1-2H3,(H,19,22). The molecule has 0 spiro atoms. The van der Waals surface area contributed by atoms with Gasteiger partial charge in [-0.15, -0.1) is 0 Å². The second kappa shape index (κ2) is 7.33. The molecule has 7 heteroatoms. The van der Waals surface area contributed by atoms with Gasteiger partial charge < -0.3 is 10.1 Å². The summed E-state index contributed by atoms with van der Waals surface area (Å²) in [5.74, 6) is -0.395. The van der Waals surface area contributed by atoms with Crippen molar-refractivity contribution in [3.05, 3.63) is 29.3 Å². The Labute approximate surface area is 146 Å². The van der Waals surface area contributed by atoms with E-state index in [9.17, 15) is 14.4 Å². The molecule has 0 aliphatic carbocycles. The Hall–Kier alpha value is -2.25. The maximum atomic E-state index is 12.8. The van der Waals surface area contributed by atoms with Crippen LogP contribution >= 0.6 is 0 Å². The molecule has 3 amide bonds. The Bertz CT molecular complexity index is 704. The smallest absolute Gasteiger partial charge is 0.246 e. The molecule has 1 N–H and O–H groups in total. The minimum Gasteiger partial charge on any atom is -0.383 e. The van der Waals surface area contributed by atoms with E-state index < -0.39 is 0 Å². The second-order valence-corrected chi connectivity index (χ2v) is 6.46. The predicted octanol–water partition coefficient (Wildman–Crippen LogP) is 1.12. The lowest BCUT2D eigenvalue weighted by Crippen LogP contribution is -2.54. The molecule has 0 radical (unpaired) electrons. The number of carbonyl (C=O) groups excluding carboxylic acids is 3. The van der Waals surface area contributed by atoms with Gasteiger partial charge in [-0.1, -0.05) is 12.1 Å². The largest absolute Gasteiger partial charge is 0.383 e. The van der Waals surface area contributed by atoms with Crippen LogP contribution in [-0.4, -0.2) is 53.8 Å². The van der Waals surface area contributed by atoms with Crippen LogP contribution in [0.2, 0.25) is 0 Å². The summed E-state index contributed by atoms with van der Waals surface area (Å²) in [5.41, 5.74) is 2.95. The SMILES string of the molecule is COCCN1C(=O)CCC(N2Cc3cccc(NC(C)=O)c3C2)C1=O. The van der Waals surface area contributed by atoms with Crippen molar-refractivity contribution in [2.75, 3.05) is 25.6 Å². The van der Waals surface area contributed by atoms with Crippen LogP contribution in [0.1, 0.15) is 30.9 Å². The van der Waals surface area contributed by atoms with Crippen LogP contribution in [0.25, 0.3) is 0 Å². The number of nitrogens with one attached hydrogen (secondary N) is 1. The highest BCUT2D eigenvalue weighted by Crippen LogP contribution is 2.33. The van der Waals surface area contributed by atoms with Crippen molar-refractivity contribution in [1.29, 1.82) is 0 Å². The second-order valence-electron chi connectivity index (χ2n) is 6.46. The number of ether oxygens (including phenoxy) is 1. The fourth-order valence-corrected chi connectivity index (χ4v) is 3.55. The van der Waals surface area contributed by atoms with Gasteiger partial charge in [0.1, 0.15) is 0 Å². The highest BCUT2D eigenvalue weighted by molar-refractivity contribution is 6.00. The first-order valence-electron chi connectivity index (χ1n) is 8.46. The molecule has 7 nitrogen and oxygen atoms in total. The quantitative estimate of drug-likeness (QED) is 0.809. The van der Waals surface area contributed by atoms with E-state index in [2.05, 4.69) is 10.2 Å². The van der Waals surface area contributed by atoms with Crippen molar-refractivity contribution >= 4 is 23.4 Å². The molecule has 2 aliphatic rings. The number of benzene rings is 1. The Kier molecular flexibility index (Phi) is 5.15. The number of methoxy groups -OCH3 is 1. The van der Waals surface area contributed by atoms with Crippen molar-refractivity contribution in [3.8, 4) is 0 Å². The summed E-state index contributed by atoms with van der Waals surface area (Å²) in [5, 5.41) is 2.85. The number of hydrogen-bond donors (Lipinski definition) is 1. The molecule has 0 aromatic heterocycles. The van der Waals surface area contributed by atoms with Gasteiger partial charge in [0, 0.05) is 39.2 Å². The van der Waals surface area contributed by atoms with Crippen LogP contribution in [0, 0.1) is 0 Å². The van der Waals surface area contributed by atoms with Gasteiger partial charge in [0.15, 0.2) is 0 Å². The van der Waals surface area contributed by atoms with Gasteiger partial charge in [0.25, 0.3) is 0 Å². The van der Waals surface area contributed by atoms with Gasteiger partial charge >= 0.3 is 0 Å². The normalized spacial score (nSPS) is 20.7. The molecule has 1 saturated heterocycles. The summed E-state index contributed by atoms with van der Waals surface area (Å²) in [6, 6.07) is 5.49. The maximum absolute atomic E-state index is 12.8. The monoisotopic (exact) mass is 345 g/mol. The Morgan fingerprint density at radius 3 is 2.84 bits per heavy atom. The summed E-state index contributed by atoms with van der Waals surface area (Å²) < 4.78 is 5.01. The van der Waals surface area contributed by atoms with Crippen molar-refractivity contribution in [2.24, 2.45) is 0 Å². The van der Waals surface area contributed by atoms with Crippen LogP contribution < -0.4 is 5.32 Å². The molecule has 2 heterocycles. The number of piperidine rings is 1. The molecule has 1 unspecified atom stereocenters. The molecule has 0 bridgehead atoms. The highest BCUT2D eigenvalue weighted by atomic mass is 16.5. The van der Waals surface area contributed by atoms with E-state index in [-0.39, 0.29) is 23.8 Å². The van der Waals surface area contributed by atoms with E-state index in [0.717, 1.165) is 16.8 Å². The average molecular weight is 345 g/mol. The molecule has 0 saturated carbocycles. The molecular formula is C18H23N3O4. The van der Waals surface area contributed by atoms with Crippen LogP contribution in [0.3, 0.4) is 0 Å². The number of likely N-dealkylation sites (tertiary alicyclic amines) is 1. The van der Waals surface area contributed by atoms with Gasteiger partial charge in [0.2, 0.25) is 17.7 Å². The minimum atomic E-state index is -0.313. The third kappa shape index (κ3) is 3.57.